The smallest absolute Gasteiger partial charge is 0.385 e. The number of nitrogens with zero attached hydrogens (tertiary/aromatic N) is 4. The van der Waals surface area contributed by atoms with Crippen molar-refractivity contribution in [3.8, 4) is 11.3 Å². The number of hydrogen-bond donors (Lipinski definition) is 1. The van der Waals surface area contributed by atoms with Crippen LogP contribution >= 0.6 is 0 Å². The molecule has 0 radical (unpaired) electrons. The molecule has 0 aliphatic carbocycles. The summed E-state index contributed by atoms with van der Waals surface area (Å²) < 4.78 is 66.8. The summed E-state index contributed by atoms with van der Waals surface area (Å²) in [5.41, 5.74) is 0.949. The zero-order valence-electron chi connectivity index (χ0n) is 20.8. The highest BCUT2D eigenvalue weighted by Gasteiger charge is 2.32. The van der Waals surface area contributed by atoms with Crippen LogP contribution in [-0.2, 0) is 11.0 Å². The lowest BCUT2D eigenvalue weighted by molar-refractivity contribution is -0.141. The van der Waals surface area contributed by atoms with Crippen molar-refractivity contribution in [3.63, 3.8) is 0 Å². The topological polar surface area (TPSA) is 89.4 Å². The molecule has 204 valence electrons. The van der Waals surface area contributed by atoms with Crippen LogP contribution in [0, 0.1) is 11.6 Å². The highest BCUT2D eigenvalue weighted by Crippen LogP contribution is 2.32. The molecule has 0 spiro atoms. The van der Waals surface area contributed by atoms with Gasteiger partial charge in [0.25, 0.3) is 5.91 Å². The maximum Gasteiger partial charge on any atom is 0.433 e. The Hall–Kier alpha value is -4.74. The Balaban J connectivity index is 1.45. The lowest BCUT2D eigenvalue weighted by atomic mass is 9.96. The SMILES string of the molecule is C[C@@H](NC(=O)c1cc(C2=NOC(c3ccccn3)C2)cc(-c2ncc(F)cc2F)c1)c1ccc(C(F)(F)F)nc1. The van der Waals surface area contributed by atoms with Crippen LogP contribution in [0.3, 0.4) is 0 Å². The number of carbonyl (C=O) groups excluding carboxylic acids is 1. The van der Waals surface area contributed by atoms with Crippen LogP contribution < -0.4 is 5.32 Å². The van der Waals surface area contributed by atoms with Crippen LogP contribution in [0.4, 0.5) is 22.0 Å². The summed E-state index contributed by atoms with van der Waals surface area (Å²) in [5, 5.41) is 6.85. The van der Waals surface area contributed by atoms with Gasteiger partial charge in [-0.25, -0.2) is 8.78 Å². The summed E-state index contributed by atoms with van der Waals surface area (Å²) in [4.78, 5) is 30.4. The lowest BCUT2D eigenvalue weighted by Crippen LogP contribution is -2.27. The quantitative estimate of drug-likeness (QED) is 0.288. The van der Waals surface area contributed by atoms with E-state index in [1.165, 1.54) is 18.2 Å². The normalized spacial score (nSPS) is 15.8. The minimum atomic E-state index is -4.59. The Kier molecular flexibility index (Phi) is 7.24. The van der Waals surface area contributed by atoms with Crippen LogP contribution in [0.15, 0.2) is 78.3 Å². The van der Waals surface area contributed by atoms with Gasteiger partial charge in [0.15, 0.2) is 11.9 Å². The van der Waals surface area contributed by atoms with E-state index in [9.17, 15) is 26.7 Å². The number of nitrogens with one attached hydrogen (secondary N) is 1. The van der Waals surface area contributed by atoms with Gasteiger partial charge in [0.1, 0.15) is 17.2 Å². The number of alkyl halides is 3. The summed E-state index contributed by atoms with van der Waals surface area (Å²) in [6.45, 7) is 1.58. The first-order valence-electron chi connectivity index (χ1n) is 12.0. The molecule has 1 N–H and O–H groups in total. The molecule has 0 saturated heterocycles. The van der Waals surface area contributed by atoms with Crippen LogP contribution in [0.2, 0.25) is 0 Å². The van der Waals surface area contributed by atoms with Crippen molar-refractivity contribution in [3.05, 3.63) is 113 Å². The van der Waals surface area contributed by atoms with Crippen molar-refractivity contribution in [2.45, 2.75) is 31.7 Å². The third kappa shape index (κ3) is 5.80. The summed E-state index contributed by atoms with van der Waals surface area (Å²) in [7, 11) is 0. The van der Waals surface area contributed by atoms with Crippen molar-refractivity contribution >= 4 is 11.6 Å². The zero-order chi connectivity index (χ0) is 28.4. The average molecular weight is 553 g/mol. The second kappa shape index (κ2) is 10.8. The van der Waals surface area contributed by atoms with E-state index in [-0.39, 0.29) is 16.8 Å². The highest BCUT2D eigenvalue weighted by atomic mass is 19.4. The summed E-state index contributed by atoms with van der Waals surface area (Å²) in [6.07, 6.45) is -1.23. The van der Waals surface area contributed by atoms with Crippen molar-refractivity contribution in [1.29, 1.82) is 0 Å². The number of rotatable bonds is 6. The Morgan fingerprint density at radius 3 is 2.48 bits per heavy atom. The number of pyridine rings is 3. The van der Waals surface area contributed by atoms with E-state index in [0.29, 0.717) is 35.0 Å². The van der Waals surface area contributed by atoms with E-state index in [1.807, 2.05) is 6.07 Å². The Bertz CT molecular complexity index is 1580. The van der Waals surface area contributed by atoms with Gasteiger partial charge in [0, 0.05) is 41.6 Å². The minimum absolute atomic E-state index is 0.0914. The molecule has 1 aliphatic rings. The van der Waals surface area contributed by atoms with Gasteiger partial charge in [-0.15, -0.1) is 0 Å². The monoisotopic (exact) mass is 553 g/mol. The standard InChI is InChI=1S/C28H20F5N5O2/c1-15(16-5-6-25(35-13-16)28(31,32)33)37-27(39)19-9-17(8-18(10-19)26-21(30)11-20(29)14-36-26)23-12-24(40-38-23)22-4-2-3-7-34-22/h2-11,13-15,24H,12H2,1H3,(H,37,39)/t15-,24?/m1/s1. The van der Waals surface area contributed by atoms with E-state index in [2.05, 4.69) is 25.4 Å². The Morgan fingerprint density at radius 1 is 1.00 bits per heavy atom. The molecule has 0 fully saturated rings. The first-order chi connectivity index (χ1) is 19.1. The van der Waals surface area contributed by atoms with Gasteiger partial charge in [-0.3, -0.25) is 19.7 Å². The van der Waals surface area contributed by atoms with Crippen LogP contribution in [0.1, 0.15) is 58.4 Å². The maximum atomic E-state index is 14.7. The van der Waals surface area contributed by atoms with Gasteiger partial charge in [-0.05, 0) is 48.9 Å². The molecular weight excluding hydrogens is 533 g/mol. The van der Waals surface area contributed by atoms with Crippen molar-refractivity contribution in [2.75, 3.05) is 0 Å². The number of hydrogen-bond acceptors (Lipinski definition) is 6. The lowest BCUT2D eigenvalue weighted by Gasteiger charge is -2.16. The van der Waals surface area contributed by atoms with Gasteiger partial charge in [0.2, 0.25) is 0 Å². The molecule has 2 atom stereocenters. The molecule has 7 nitrogen and oxygen atoms in total. The van der Waals surface area contributed by atoms with Gasteiger partial charge in [-0.1, -0.05) is 17.3 Å². The molecular formula is C28H20F5N5O2. The fourth-order valence-electron chi connectivity index (χ4n) is 4.15. The van der Waals surface area contributed by atoms with Crippen LogP contribution in [0.5, 0.6) is 0 Å². The molecule has 1 aromatic carbocycles. The fraction of sp³-hybridized carbons (Fsp3) is 0.179. The summed E-state index contributed by atoms with van der Waals surface area (Å²) in [6, 6.07) is 11.9. The molecule has 0 bridgehead atoms. The third-order valence-electron chi connectivity index (χ3n) is 6.22. The molecule has 12 heteroatoms. The van der Waals surface area contributed by atoms with Gasteiger partial charge >= 0.3 is 6.18 Å². The number of amides is 1. The second-order valence-corrected chi connectivity index (χ2v) is 9.04. The molecule has 5 rings (SSSR count). The molecule has 3 aromatic heterocycles. The van der Waals surface area contributed by atoms with Crippen LogP contribution in [0.25, 0.3) is 11.3 Å². The van der Waals surface area contributed by atoms with Gasteiger partial charge in [0.05, 0.1) is 23.6 Å². The van der Waals surface area contributed by atoms with E-state index < -0.39 is 41.6 Å². The summed E-state index contributed by atoms with van der Waals surface area (Å²) in [5.74, 6) is -2.39. The second-order valence-electron chi connectivity index (χ2n) is 9.04. The van der Waals surface area contributed by atoms with E-state index in [4.69, 9.17) is 4.84 Å². The van der Waals surface area contributed by atoms with Crippen LogP contribution in [-0.4, -0.2) is 26.6 Å². The van der Waals surface area contributed by atoms with E-state index in [0.717, 1.165) is 18.5 Å². The molecule has 0 saturated carbocycles. The van der Waals surface area contributed by atoms with Gasteiger partial charge < -0.3 is 10.2 Å². The third-order valence-corrected chi connectivity index (χ3v) is 6.22. The first-order valence-corrected chi connectivity index (χ1v) is 12.0. The number of halogens is 5. The minimum Gasteiger partial charge on any atom is -0.385 e. The van der Waals surface area contributed by atoms with Crippen molar-refractivity contribution in [2.24, 2.45) is 5.16 Å². The molecule has 4 heterocycles. The van der Waals surface area contributed by atoms with Gasteiger partial charge in [-0.2, -0.15) is 13.2 Å². The van der Waals surface area contributed by atoms with E-state index in [1.54, 1.807) is 31.3 Å². The molecule has 1 amide bonds. The Morgan fingerprint density at radius 2 is 1.80 bits per heavy atom. The fourth-order valence-corrected chi connectivity index (χ4v) is 4.15. The Labute approximate surface area is 224 Å². The number of oxime groups is 1. The maximum absolute atomic E-state index is 14.7. The predicted molar refractivity (Wildman–Crippen MR) is 134 cm³/mol. The van der Waals surface area contributed by atoms with Crippen molar-refractivity contribution < 1.29 is 31.6 Å². The number of aromatic nitrogens is 3. The van der Waals surface area contributed by atoms with Crippen molar-refractivity contribution in [1.82, 2.24) is 20.3 Å². The molecule has 1 aliphatic heterocycles. The largest absolute Gasteiger partial charge is 0.433 e. The predicted octanol–water partition coefficient (Wildman–Crippen LogP) is 6.19. The molecule has 40 heavy (non-hydrogen) atoms. The zero-order valence-corrected chi connectivity index (χ0v) is 20.8. The van der Waals surface area contributed by atoms with E-state index >= 15 is 0 Å². The molecule has 1 unspecified atom stereocenters. The molecule has 4 aromatic rings. The summed E-state index contributed by atoms with van der Waals surface area (Å²) >= 11 is 0. The average Bonchev–Trinajstić information content (AvgIpc) is 3.43. The first kappa shape index (κ1) is 26.9. The highest BCUT2D eigenvalue weighted by molar-refractivity contribution is 6.05. The number of carbonyl (C=O) groups is 1. The number of benzene rings is 1.